The van der Waals surface area contributed by atoms with Crippen LogP contribution >= 0.6 is 11.3 Å². The minimum Gasteiger partial charge on any atom is -0.497 e. The van der Waals surface area contributed by atoms with Gasteiger partial charge in [-0.3, -0.25) is 9.59 Å². The van der Waals surface area contributed by atoms with Crippen molar-refractivity contribution in [2.75, 3.05) is 19.0 Å². The molecular formula is C31H36N2O5S. The van der Waals surface area contributed by atoms with Crippen molar-refractivity contribution in [3.8, 4) is 5.75 Å². The third kappa shape index (κ3) is 5.14. The van der Waals surface area contributed by atoms with E-state index in [4.69, 9.17) is 9.47 Å². The highest BCUT2D eigenvalue weighted by Crippen LogP contribution is 2.47. The predicted molar refractivity (Wildman–Crippen MR) is 152 cm³/mol. The molecule has 0 radical (unpaired) electrons. The number of Topliss-reactive ketones (excluding diaryl/α,β-unsaturated/α-hetero) is 1. The molecule has 0 fully saturated rings. The number of nitrogens with one attached hydrogen (secondary N) is 2. The van der Waals surface area contributed by atoms with E-state index in [1.165, 1.54) is 11.3 Å². The predicted octanol–water partition coefficient (Wildman–Crippen LogP) is 6.05. The first-order chi connectivity index (χ1) is 18.6. The molecule has 0 saturated heterocycles. The van der Waals surface area contributed by atoms with E-state index in [2.05, 4.69) is 24.5 Å². The lowest BCUT2D eigenvalue weighted by atomic mass is 9.68. The van der Waals surface area contributed by atoms with Gasteiger partial charge >= 0.3 is 5.97 Å². The van der Waals surface area contributed by atoms with Crippen LogP contribution in [-0.4, -0.2) is 31.4 Å². The Balaban J connectivity index is 1.59. The second kappa shape index (κ2) is 10.6. The Labute approximate surface area is 233 Å². The van der Waals surface area contributed by atoms with E-state index in [0.29, 0.717) is 46.0 Å². The van der Waals surface area contributed by atoms with Gasteiger partial charge in [0.05, 0.1) is 19.3 Å². The van der Waals surface area contributed by atoms with Crippen LogP contribution in [-0.2, 0) is 27.2 Å². The number of ketones is 1. The number of carbonyl (C=O) groups excluding carboxylic acids is 3. The number of benzene rings is 1. The van der Waals surface area contributed by atoms with Gasteiger partial charge in [0.1, 0.15) is 10.8 Å². The molecule has 1 aromatic carbocycles. The molecule has 0 unspecified atom stereocenters. The fourth-order valence-electron chi connectivity index (χ4n) is 6.14. The highest BCUT2D eigenvalue weighted by atomic mass is 32.1. The Morgan fingerprint density at radius 2 is 1.95 bits per heavy atom. The monoisotopic (exact) mass is 548 g/mol. The van der Waals surface area contributed by atoms with Gasteiger partial charge in [-0.2, -0.15) is 0 Å². The minimum atomic E-state index is -0.555. The molecule has 2 aliphatic carbocycles. The number of rotatable bonds is 6. The van der Waals surface area contributed by atoms with Crippen LogP contribution in [0, 0.1) is 5.41 Å². The summed E-state index contributed by atoms with van der Waals surface area (Å²) < 4.78 is 10.9. The molecule has 2 N–H and O–H groups in total. The van der Waals surface area contributed by atoms with Crippen LogP contribution in [0.5, 0.6) is 5.75 Å². The summed E-state index contributed by atoms with van der Waals surface area (Å²) in [5.74, 6) is -0.594. The van der Waals surface area contributed by atoms with E-state index in [1.807, 2.05) is 31.2 Å². The third-order valence-corrected chi connectivity index (χ3v) is 9.00. The highest BCUT2D eigenvalue weighted by Gasteiger charge is 2.43. The fourth-order valence-corrected chi connectivity index (χ4v) is 7.41. The summed E-state index contributed by atoms with van der Waals surface area (Å²) in [4.78, 5) is 41.9. The number of dihydropyridines is 1. The second-order valence-corrected chi connectivity index (χ2v) is 12.4. The number of hydrogen-bond donors (Lipinski definition) is 2. The molecule has 8 heteroatoms. The molecule has 1 atom stereocenters. The summed E-state index contributed by atoms with van der Waals surface area (Å²) in [6, 6.07) is 7.56. The van der Waals surface area contributed by atoms with Crippen LogP contribution < -0.4 is 15.4 Å². The Bertz CT molecular complexity index is 1410. The smallest absolute Gasteiger partial charge is 0.341 e. The topological polar surface area (TPSA) is 93.7 Å². The molecule has 1 aromatic heterocycles. The summed E-state index contributed by atoms with van der Waals surface area (Å²) >= 11 is 1.46. The summed E-state index contributed by atoms with van der Waals surface area (Å²) in [5, 5.41) is 7.01. The maximum atomic E-state index is 14.2. The largest absolute Gasteiger partial charge is 0.497 e. The maximum absolute atomic E-state index is 14.2. The SMILES string of the molecule is CCOC(=O)c1c(NC(=O)C2=C(C)NC3=C(C(=O)CC(C)(C)C3)[C@@H]2c2cccc(OC)c2)sc2c1CCCC2. The van der Waals surface area contributed by atoms with Gasteiger partial charge < -0.3 is 20.1 Å². The molecular weight excluding hydrogens is 512 g/mol. The van der Waals surface area contributed by atoms with Crippen molar-refractivity contribution in [3.05, 3.63) is 68.4 Å². The van der Waals surface area contributed by atoms with Gasteiger partial charge in [-0.15, -0.1) is 11.3 Å². The van der Waals surface area contributed by atoms with Crippen molar-refractivity contribution in [3.63, 3.8) is 0 Å². The van der Waals surface area contributed by atoms with E-state index >= 15 is 0 Å². The van der Waals surface area contributed by atoms with E-state index < -0.39 is 11.9 Å². The van der Waals surface area contributed by atoms with Crippen LogP contribution in [0.4, 0.5) is 5.00 Å². The van der Waals surface area contributed by atoms with Crippen LogP contribution in [0.25, 0.3) is 0 Å². The number of amides is 1. The molecule has 1 amide bonds. The number of methoxy groups -OCH3 is 1. The number of allylic oxidation sites excluding steroid dienone is 3. The fraction of sp³-hybridized carbons (Fsp3) is 0.452. The van der Waals surface area contributed by atoms with Crippen molar-refractivity contribution < 1.29 is 23.9 Å². The summed E-state index contributed by atoms with van der Waals surface area (Å²) in [7, 11) is 1.60. The van der Waals surface area contributed by atoms with E-state index in [-0.39, 0.29) is 23.7 Å². The van der Waals surface area contributed by atoms with Gasteiger partial charge in [0.15, 0.2) is 5.78 Å². The molecule has 7 nitrogen and oxygen atoms in total. The number of aryl methyl sites for hydroxylation is 1. The van der Waals surface area contributed by atoms with Crippen LogP contribution in [0.2, 0.25) is 0 Å². The van der Waals surface area contributed by atoms with Crippen LogP contribution in [0.3, 0.4) is 0 Å². The molecule has 0 bridgehead atoms. The maximum Gasteiger partial charge on any atom is 0.341 e. The Hall–Kier alpha value is -3.39. The van der Waals surface area contributed by atoms with Crippen molar-refractivity contribution >= 4 is 34.0 Å². The number of fused-ring (bicyclic) bond motifs is 1. The molecule has 0 spiro atoms. The number of thiophene rings is 1. The van der Waals surface area contributed by atoms with Crippen molar-refractivity contribution in [2.45, 2.75) is 72.1 Å². The Morgan fingerprint density at radius 1 is 1.18 bits per heavy atom. The van der Waals surface area contributed by atoms with E-state index in [1.54, 1.807) is 14.0 Å². The first-order valence-electron chi connectivity index (χ1n) is 13.6. The zero-order chi connectivity index (χ0) is 27.9. The van der Waals surface area contributed by atoms with Gasteiger partial charge in [-0.25, -0.2) is 4.79 Å². The molecule has 206 valence electrons. The first-order valence-corrected chi connectivity index (χ1v) is 14.5. The standard InChI is InChI=1S/C31H36N2O5S/c1-6-38-30(36)26-20-12-7-8-13-23(20)39-29(26)33-28(35)24-17(2)32-21-15-31(3,4)16-22(34)27(21)25(24)18-10-9-11-19(14-18)37-5/h9-11,14,25,32H,6-8,12-13,15-16H2,1-5H3,(H,33,35)/t25-/m1/s1. The van der Waals surface area contributed by atoms with Crippen molar-refractivity contribution in [2.24, 2.45) is 5.41 Å². The first kappa shape index (κ1) is 27.2. The minimum absolute atomic E-state index is 0.0400. The number of hydrogen-bond acceptors (Lipinski definition) is 7. The van der Waals surface area contributed by atoms with Crippen LogP contribution in [0.1, 0.15) is 85.7 Å². The van der Waals surface area contributed by atoms with Gasteiger partial charge in [-0.05, 0) is 74.6 Å². The lowest BCUT2D eigenvalue weighted by Crippen LogP contribution is -2.39. The second-order valence-electron chi connectivity index (χ2n) is 11.3. The van der Waals surface area contributed by atoms with E-state index in [0.717, 1.165) is 47.4 Å². The average molecular weight is 549 g/mol. The summed E-state index contributed by atoms with van der Waals surface area (Å²) in [6.45, 7) is 8.10. The third-order valence-electron chi connectivity index (χ3n) is 7.79. The number of ether oxygens (including phenoxy) is 2. The average Bonchev–Trinajstić information content (AvgIpc) is 3.25. The molecule has 2 aromatic rings. The highest BCUT2D eigenvalue weighted by molar-refractivity contribution is 7.17. The summed E-state index contributed by atoms with van der Waals surface area (Å²) in [6.07, 6.45) is 4.87. The van der Waals surface area contributed by atoms with Gasteiger partial charge in [0.25, 0.3) is 5.91 Å². The lowest BCUT2D eigenvalue weighted by molar-refractivity contribution is -0.118. The van der Waals surface area contributed by atoms with Gasteiger partial charge in [0.2, 0.25) is 0 Å². The normalized spacial score (nSPS) is 20.1. The Morgan fingerprint density at radius 3 is 2.69 bits per heavy atom. The number of anilines is 1. The van der Waals surface area contributed by atoms with Crippen molar-refractivity contribution in [1.29, 1.82) is 0 Å². The molecule has 1 aliphatic heterocycles. The quantitative estimate of drug-likeness (QED) is 0.427. The molecule has 0 saturated carbocycles. The van der Waals surface area contributed by atoms with Gasteiger partial charge in [-0.1, -0.05) is 26.0 Å². The molecule has 5 rings (SSSR count). The molecule has 39 heavy (non-hydrogen) atoms. The summed E-state index contributed by atoms with van der Waals surface area (Å²) in [5.41, 5.74) is 4.78. The zero-order valence-corrected chi connectivity index (χ0v) is 24.1. The number of carbonyl (C=O) groups is 3. The Kier molecular flexibility index (Phi) is 7.42. The van der Waals surface area contributed by atoms with Gasteiger partial charge in [0, 0.05) is 39.8 Å². The number of esters is 1. The van der Waals surface area contributed by atoms with E-state index in [9.17, 15) is 14.4 Å². The lowest BCUT2D eigenvalue weighted by Gasteiger charge is -2.39. The van der Waals surface area contributed by atoms with Crippen LogP contribution in [0.15, 0.2) is 46.8 Å². The zero-order valence-electron chi connectivity index (χ0n) is 23.3. The van der Waals surface area contributed by atoms with Crippen molar-refractivity contribution in [1.82, 2.24) is 5.32 Å². The molecule has 2 heterocycles. The molecule has 3 aliphatic rings.